The monoisotopic (exact) mass is 230 g/mol. The van der Waals surface area contributed by atoms with E-state index in [-0.39, 0.29) is 6.54 Å². The molecule has 0 saturated heterocycles. The summed E-state index contributed by atoms with van der Waals surface area (Å²) in [5, 5.41) is 12.0. The Morgan fingerprint density at radius 2 is 1.88 bits per heavy atom. The highest BCUT2D eigenvalue weighted by Crippen LogP contribution is 2.25. The number of aliphatic hydroxyl groups is 1. The quantitative estimate of drug-likeness (QED) is 0.838. The van der Waals surface area contributed by atoms with Gasteiger partial charge in [-0.2, -0.15) is 0 Å². The molecule has 0 amide bonds. The van der Waals surface area contributed by atoms with E-state index < -0.39 is 6.10 Å². The maximum Gasteiger partial charge on any atom is 0.0836 e. The van der Waals surface area contributed by atoms with E-state index in [2.05, 4.69) is 24.3 Å². The van der Waals surface area contributed by atoms with Gasteiger partial charge in [0.1, 0.15) is 0 Å². The molecule has 2 rings (SSSR count). The largest absolute Gasteiger partial charge is 0.390 e. The second-order valence-corrected chi connectivity index (χ2v) is 4.27. The Hall–Kier alpha value is -1.58. The molecule has 1 unspecified atom stereocenters. The Morgan fingerprint density at radius 1 is 1.18 bits per heavy atom. The lowest BCUT2D eigenvalue weighted by atomic mass is 10.1. The van der Waals surface area contributed by atoms with E-state index in [0.29, 0.717) is 6.54 Å². The number of nitrogens with two attached hydrogens (primary N) is 1. The van der Waals surface area contributed by atoms with E-state index in [1.807, 2.05) is 30.1 Å². The third-order valence-corrected chi connectivity index (χ3v) is 2.93. The zero-order valence-corrected chi connectivity index (χ0v) is 10.0. The standard InChI is InChI=1S/C14H18N2O/c1-16(10-12(17)9-15)14-8-4-6-11-5-2-3-7-13(11)14/h2-8,12,17H,9-10,15H2,1H3. The van der Waals surface area contributed by atoms with Gasteiger partial charge in [0.25, 0.3) is 0 Å². The van der Waals surface area contributed by atoms with Crippen molar-refractivity contribution >= 4 is 16.5 Å². The fourth-order valence-electron chi connectivity index (χ4n) is 2.03. The molecule has 1 atom stereocenters. The Morgan fingerprint density at radius 3 is 2.65 bits per heavy atom. The van der Waals surface area contributed by atoms with E-state index in [1.165, 1.54) is 10.8 Å². The van der Waals surface area contributed by atoms with Crippen LogP contribution in [-0.4, -0.2) is 31.3 Å². The summed E-state index contributed by atoms with van der Waals surface area (Å²) in [6, 6.07) is 14.4. The maximum absolute atomic E-state index is 9.60. The molecule has 0 aromatic heterocycles. The number of benzene rings is 2. The molecule has 0 spiro atoms. The van der Waals surface area contributed by atoms with E-state index in [1.54, 1.807) is 0 Å². The normalized spacial score (nSPS) is 12.6. The molecule has 0 aliphatic rings. The first-order valence-corrected chi connectivity index (χ1v) is 5.79. The number of aliphatic hydroxyl groups excluding tert-OH is 1. The molecule has 0 heterocycles. The Kier molecular flexibility index (Phi) is 3.61. The van der Waals surface area contributed by atoms with Crippen LogP contribution in [0.1, 0.15) is 0 Å². The fourth-order valence-corrected chi connectivity index (χ4v) is 2.03. The van der Waals surface area contributed by atoms with E-state index in [4.69, 9.17) is 5.73 Å². The fraction of sp³-hybridized carbons (Fsp3) is 0.286. The average Bonchev–Trinajstić information content (AvgIpc) is 2.37. The predicted molar refractivity (Wildman–Crippen MR) is 72.3 cm³/mol. The Labute approximate surface area is 101 Å². The van der Waals surface area contributed by atoms with Crippen LogP contribution in [0.25, 0.3) is 10.8 Å². The minimum Gasteiger partial charge on any atom is -0.390 e. The molecule has 0 aliphatic heterocycles. The molecular weight excluding hydrogens is 212 g/mol. The maximum atomic E-state index is 9.60. The van der Waals surface area contributed by atoms with E-state index >= 15 is 0 Å². The van der Waals surface area contributed by atoms with Crippen molar-refractivity contribution in [1.29, 1.82) is 0 Å². The zero-order chi connectivity index (χ0) is 12.3. The number of hydrogen-bond acceptors (Lipinski definition) is 3. The summed E-state index contributed by atoms with van der Waals surface area (Å²) >= 11 is 0. The van der Waals surface area contributed by atoms with E-state index in [9.17, 15) is 5.11 Å². The van der Waals surface area contributed by atoms with Gasteiger partial charge in [0.2, 0.25) is 0 Å². The number of likely N-dealkylation sites (N-methyl/N-ethyl adjacent to an activating group) is 1. The lowest BCUT2D eigenvalue weighted by Gasteiger charge is -2.23. The van der Waals surface area contributed by atoms with Crippen molar-refractivity contribution in [2.75, 3.05) is 25.0 Å². The average molecular weight is 230 g/mol. The van der Waals surface area contributed by atoms with E-state index in [0.717, 1.165) is 5.69 Å². The topological polar surface area (TPSA) is 49.5 Å². The molecular formula is C14H18N2O. The first kappa shape index (κ1) is 11.9. The first-order chi connectivity index (χ1) is 8.22. The number of nitrogens with zero attached hydrogens (tertiary/aromatic N) is 1. The molecule has 0 fully saturated rings. The number of anilines is 1. The van der Waals surface area contributed by atoms with Crippen LogP contribution in [0.2, 0.25) is 0 Å². The zero-order valence-electron chi connectivity index (χ0n) is 10.0. The summed E-state index contributed by atoms with van der Waals surface area (Å²) in [7, 11) is 1.97. The summed E-state index contributed by atoms with van der Waals surface area (Å²) in [5.41, 5.74) is 6.56. The van der Waals surface area contributed by atoms with Crippen molar-refractivity contribution in [3.8, 4) is 0 Å². The highest BCUT2D eigenvalue weighted by atomic mass is 16.3. The van der Waals surface area contributed by atoms with Crippen molar-refractivity contribution in [3.63, 3.8) is 0 Å². The van der Waals surface area contributed by atoms with Crippen molar-refractivity contribution in [2.24, 2.45) is 5.73 Å². The van der Waals surface area contributed by atoms with Crippen molar-refractivity contribution < 1.29 is 5.11 Å². The van der Waals surface area contributed by atoms with Gasteiger partial charge in [0.15, 0.2) is 0 Å². The predicted octanol–water partition coefficient (Wildman–Crippen LogP) is 1.60. The highest BCUT2D eigenvalue weighted by Gasteiger charge is 2.09. The second-order valence-electron chi connectivity index (χ2n) is 4.27. The molecule has 3 heteroatoms. The van der Waals surface area contributed by atoms with Crippen LogP contribution in [-0.2, 0) is 0 Å². The minimum atomic E-state index is -0.487. The molecule has 0 aliphatic carbocycles. The van der Waals surface area contributed by atoms with Gasteiger partial charge in [0.05, 0.1) is 6.10 Å². The van der Waals surface area contributed by atoms with Crippen molar-refractivity contribution in [3.05, 3.63) is 42.5 Å². The lowest BCUT2D eigenvalue weighted by molar-refractivity contribution is 0.189. The van der Waals surface area contributed by atoms with Crippen LogP contribution in [0.4, 0.5) is 5.69 Å². The van der Waals surface area contributed by atoms with Crippen LogP contribution < -0.4 is 10.6 Å². The second kappa shape index (κ2) is 5.17. The number of hydrogen-bond donors (Lipinski definition) is 2. The van der Waals surface area contributed by atoms with Crippen LogP contribution >= 0.6 is 0 Å². The minimum absolute atomic E-state index is 0.287. The molecule has 0 saturated carbocycles. The van der Waals surface area contributed by atoms with Gasteiger partial charge in [-0.1, -0.05) is 36.4 Å². The molecule has 90 valence electrons. The number of rotatable bonds is 4. The SMILES string of the molecule is CN(CC(O)CN)c1cccc2ccccc12. The summed E-state index contributed by atoms with van der Waals surface area (Å²) in [5.74, 6) is 0. The van der Waals surface area contributed by atoms with Gasteiger partial charge >= 0.3 is 0 Å². The molecule has 17 heavy (non-hydrogen) atoms. The smallest absolute Gasteiger partial charge is 0.0836 e. The molecule has 2 aromatic rings. The van der Waals surface area contributed by atoms with Gasteiger partial charge in [-0.3, -0.25) is 0 Å². The Balaban J connectivity index is 2.34. The highest BCUT2D eigenvalue weighted by molar-refractivity contribution is 5.94. The van der Waals surface area contributed by atoms with Crippen LogP contribution in [0.5, 0.6) is 0 Å². The van der Waals surface area contributed by atoms with Gasteiger partial charge in [-0.05, 0) is 11.5 Å². The van der Waals surface area contributed by atoms with Crippen LogP contribution in [0.15, 0.2) is 42.5 Å². The third kappa shape index (κ3) is 2.57. The summed E-state index contributed by atoms with van der Waals surface area (Å²) in [6.45, 7) is 0.833. The third-order valence-electron chi connectivity index (χ3n) is 2.93. The number of fused-ring (bicyclic) bond motifs is 1. The Bertz CT molecular complexity index is 493. The summed E-state index contributed by atoms with van der Waals surface area (Å²) in [4.78, 5) is 2.04. The molecule has 3 nitrogen and oxygen atoms in total. The van der Waals surface area contributed by atoms with Gasteiger partial charge in [0, 0.05) is 31.2 Å². The molecule has 3 N–H and O–H groups in total. The molecule has 2 aromatic carbocycles. The first-order valence-electron chi connectivity index (χ1n) is 5.79. The van der Waals surface area contributed by atoms with Crippen molar-refractivity contribution in [1.82, 2.24) is 0 Å². The molecule has 0 bridgehead atoms. The lowest BCUT2D eigenvalue weighted by Crippen LogP contribution is -2.34. The summed E-state index contributed by atoms with van der Waals surface area (Å²) in [6.07, 6.45) is -0.487. The van der Waals surface area contributed by atoms with Gasteiger partial charge < -0.3 is 15.7 Å². The van der Waals surface area contributed by atoms with Crippen molar-refractivity contribution in [2.45, 2.75) is 6.10 Å². The summed E-state index contributed by atoms with van der Waals surface area (Å²) < 4.78 is 0. The van der Waals surface area contributed by atoms with Gasteiger partial charge in [-0.15, -0.1) is 0 Å². The molecule has 0 radical (unpaired) electrons. The van der Waals surface area contributed by atoms with Crippen LogP contribution in [0.3, 0.4) is 0 Å². The van der Waals surface area contributed by atoms with Crippen LogP contribution in [0, 0.1) is 0 Å². The van der Waals surface area contributed by atoms with Gasteiger partial charge in [-0.25, -0.2) is 0 Å².